The number of ether oxygens (including phenoxy) is 1. The molecule has 2 amide bonds. The fourth-order valence-electron chi connectivity index (χ4n) is 3.19. The quantitative estimate of drug-likeness (QED) is 0.482. The largest absolute Gasteiger partial charge is 0.467 e. The van der Waals surface area contributed by atoms with Gasteiger partial charge in [-0.1, -0.05) is 23.2 Å². The second-order valence-corrected chi connectivity index (χ2v) is 8.35. The first-order valence-electron chi connectivity index (χ1n) is 8.65. The average molecular weight is 453 g/mol. The van der Waals surface area contributed by atoms with Crippen molar-refractivity contribution < 1.29 is 19.1 Å². The van der Waals surface area contributed by atoms with E-state index >= 15 is 0 Å². The van der Waals surface area contributed by atoms with Crippen LogP contribution in [-0.4, -0.2) is 39.7 Å². The molecule has 0 radical (unpaired) electrons. The molecule has 1 aromatic carbocycles. The number of amides is 2. The minimum atomic E-state index is -0.990. The standard InChI is InChI=1S/C20H18Cl2N2O4S/c1-10-7-13(11(2)23(10)16-9-14(21)5-6-15(16)22)8-17-18(25)24(20(27)29-17)12(3)19(26)28-4/h5-9,12H,1-4H3/b17-8+/t12-/m0/s1. The van der Waals surface area contributed by atoms with Crippen LogP contribution in [0.15, 0.2) is 29.2 Å². The van der Waals surface area contributed by atoms with Gasteiger partial charge in [-0.25, -0.2) is 4.79 Å². The predicted octanol–water partition coefficient (Wildman–Crippen LogP) is 5.00. The molecule has 1 saturated heterocycles. The molecule has 2 aromatic rings. The van der Waals surface area contributed by atoms with E-state index in [0.717, 1.165) is 39.3 Å². The van der Waals surface area contributed by atoms with Gasteiger partial charge in [0.05, 0.1) is 22.7 Å². The number of hydrogen-bond acceptors (Lipinski definition) is 5. The highest BCUT2D eigenvalue weighted by Crippen LogP contribution is 2.36. The van der Waals surface area contributed by atoms with E-state index in [-0.39, 0.29) is 4.91 Å². The number of halogens is 2. The zero-order valence-corrected chi connectivity index (χ0v) is 18.5. The van der Waals surface area contributed by atoms with Gasteiger partial charge in [-0.2, -0.15) is 0 Å². The number of aryl methyl sites for hydroxylation is 1. The third kappa shape index (κ3) is 3.95. The molecule has 0 unspecified atom stereocenters. The van der Waals surface area contributed by atoms with Crippen molar-refractivity contribution in [3.8, 4) is 5.69 Å². The number of thioether (sulfide) groups is 1. The first kappa shape index (κ1) is 21.5. The van der Waals surface area contributed by atoms with E-state index in [1.165, 1.54) is 14.0 Å². The van der Waals surface area contributed by atoms with Crippen molar-refractivity contribution in [2.45, 2.75) is 26.8 Å². The smallest absolute Gasteiger partial charge is 0.328 e. The summed E-state index contributed by atoms with van der Waals surface area (Å²) in [5.41, 5.74) is 3.20. The second-order valence-electron chi connectivity index (χ2n) is 6.51. The second kappa shape index (κ2) is 8.26. The van der Waals surface area contributed by atoms with Crippen molar-refractivity contribution in [1.29, 1.82) is 0 Å². The number of imide groups is 1. The van der Waals surface area contributed by atoms with Crippen LogP contribution in [0.4, 0.5) is 4.79 Å². The molecule has 0 spiro atoms. The number of nitrogens with zero attached hydrogens (tertiary/aromatic N) is 2. The molecule has 6 nitrogen and oxygen atoms in total. The van der Waals surface area contributed by atoms with Crippen molar-refractivity contribution in [3.63, 3.8) is 0 Å². The van der Waals surface area contributed by atoms with E-state index < -0.39 is 23.2 Å². The van der Waals surface area contributed by atoms with Crippen molar-refractivity contribution in [3.05, 3.63) is 56.2 Å². The summed E-state index contributed by atoms with van der Waals surface area (Å²) in [4.78, 5) is 37.9. The van der Waals surface area contributed by atoms with Gasteiger partial charge in [-0.05, 0) is 68.4 Å². The molecule has 0 N–H and O–H groups in total. The molecular weight excluding hydrogens is 435 g/mol. The Hall–Kier alpha value is -2.22. The van der Waals surface area contributed by atoms with Crippen molar-refractivity contribution in [2.24, 2.45) is 0 Å². The van der Waals surface area contributed by atoms with Crippen LogP contribution in [0.3, 0.4) is 0 Å². The molecule has 1 fully saturated rings. The summed E-state index contributed by atoms with van der Waals surface area (Å²) < 4.78 is 6.57. The van der Waals surface area contributed by atoms with E-state index in [1.807, 2.05) is 24.5 Å². The number of rotatable bonds is 4. The van der Waals surface area contributed by atoms with E-state index in [9.17, 15) is 14.4 Å². The Balaban J connectivity index is 2.00. The lowest BCUT2D eigenvalue weighted by Gasteiger charge is -2.18. The molecule has 29 heavy (non-hydrogen) atoms. The van der Waals surface area contributed by atoms with Gasteiger partial charge >= 0.3 is 5.97 Å². The summed E-state index contributed by atoms with van der Waals surface area (Å²) >= 11 is 13.3. The highest BCUT2D eigenvalue weighted by molar-refractivity contribution is 8.18. The highest BCUT2D eigenvalue weighted by atomic mass is 35.5. The zero-order valence-electron chi connectivity index (χ0n) is 16.2. The van der Waals surface area contributed by atoms with Gasteiger partial charge in [0.2, 0.25) is 0 Å². The molecular formula is C20H18Cl2N2O4S. The van der Waals surface area contributed by atoms with Gasteiger partial charge < -0.3 is 9.30 Å². The van der Waals surface area contributed by atoms with E-state index in [1.54, 1.807) is 24.3 Å². The Morgan fingerprint density at radius 2 is 1.90 bits per heavy atom. The minimum Gasteiger partial charge on any atom is -0.467 e. The molecule has 0 saturated carbocycles. The van der Waals surface area contributed by atoms with Crippen LogP contribution in [0.25, 0.3) is 11.8 Å². The number of benzene rings is 1. The third-order valence-corrected chi connectivity index (χ3v) is 6.10. The summed E-state index contributed by atoms with van der Waals surface area (Å²) in [6.07, 6.45) is 1.65. The Bertz CT molecular complexity index is 1060. The summed E-state index contributed by atoms with van der Waals surface area (Å²) in [5.74, 6) is -1.18. The molecule has 9 heteroatoms. The minimum absolute atomic E-state index is 0.239. The summed E-state index contributed by atoms with van der Waals surface area (Å²) in [6, 6.07) is 6.10. The van der Waals surface area contributed by atoms with Crippen LogP contribution in [0.2, 0.25) is 10.0 Å². The number of methoxy groups -OCH3 is 1. The van der Waals surface area contributed by atoms with Crippen LogP contribution in [0, 0.1) is 13.8 Å². The molecule has 1 atom stereocenters. The lowest BCUT2D eigenvalue weighted by Crippen LogP contribution is -2.42. The van der Waals surface area contributed by atoms with Gasteiger partial charge in [0.15, 0.2) is 0 Å². The Kier molecular flexibility index (Phi) is 6.12. The van der Waals surface area contributed by atoms with Crippen LogP contribution in [0.1, 0.15) is 23.9 Å². The molecule has 0 bridgehead atoms. The van der Waals surface area contributed by atoms with E-state index in [2.05, 4.69) is 4.74 Å². The third-order valence-electron chi connectivity index (χ3n) is 4.66. The van der Waals surface area contributed by atoms with Gasteiger partial charge in [0.25, 0.3) is 11.1 Å². The van der Waals surface area contributed by atoms with Crippen molar-refractivity contribution in [1.82, 2.24) is 9.47 Å². The maximum absolute atomic E-state index is 12.7. The lowest BCUT2D eigenvalue weighted by atomic mass is 10.2. The number of esters is 1. The zero-order chi connectivity index (χ0) is 21.5. The van der Waals surface area contributed by atoms with Crippen LogP contribution >= 0.6 is 35.0 Å². The lowest BCUT2D eigenvalue weighted by molar-refractivity contribution is -0.148. The average Bonchev–Trinajstić information content (AvgIpc) is 3.11. The van der Waals surface area contributed by atoms with E-state index in [4.69, 9.17) is 23.2 Å². The summed E-state index contributed by atoms with van der Waals surface area (Å²) in [6.45, 7) is 5.25. The number of carbonyl (C=O) groups is 3. The van der Waals surface area contributed by atoms with Gasteiger partial charge in [0.1, 0.15) is 6.04 Å². The monoisotopic (exact) mass is 452 g/mol. The van der Waals surface area contributed by atoms with Crippen molar-refractivity contribution in [2.75, 3.05) is 7.11 Å². The number of carbonyl (C=O) groups excluding carboxylic acids is 3. The topological polar surface area (TPSA) is 68.6 Å². The van der Waals surface area contributed by atoms with Gasteiger partial charge in [-0.15, -0.1) is 0 Å². The summed E-state index contributed by atoms with van der Waals surface area (Å²) in [5, 5.41) is 0.581. The first-order chi connectivity index (χ1) is 13.6. The van der Waals surface area contributed by atoms with E-state index in [0.29, 0.717) is 10.0 Å². The molecule has 1 aromatic heterocycles. The Labute approximate surface area is 182 Å². The van der Waals surface area contributed by atoms with Crippen LogP contribution in [-0.2, 0) is 14.3 Å². The molecule has 1 aliphatic heterocycles. The van der Waals surface area contributed by atoms with Crippen molar-refractivity contribution >= 4 is 58.2 Å². The van der Waals surface area contributed by atoms with Gasteiger partial charge in [-0.3, -0.25) is 14.5 Å². The maximum Gasteiger partial charge on any atom is 0.328 e. The SMILES string of the molecule is COC(=O)[C@H](C)N1C(=O)S/C(=C/c2cc(C)n(-c3cc(Cl)ccc3Cl)c2C)C1=O. The summed E-state index contributed by atoms with van der Waals surface area (Å²) in [7, 11) is 1.21. The number of aromatic nitrogens is 1. The van der Waals surface area contributed by atoms with Crippen LogP contribution in [0.5, 0.6) is 0 Å². The highest BCUT2D eigenvalue weighted by Gasteiger charge is 2.41. The fourth-order valence-corrected chi connectivity index (χ4v) is 4.46. The predicted molar refractivity (Wildman–Crippen MR) is 115 cm³/mol. The molecule has 152 valence electrons. The van der Waals surface area contributed by atoms with Crippen LogP contribution < -0.4 is 0 Å². The molecule has 3 rings (SSSR count). The molecule has 2 heterocycles. The fraction of sp³-hybridized carbons (Fsp3) is 0.250. The van der Waals surface area contributed by atoms with Gasteiger partial charge in [0, 0.05) is 16.4 Å². The molecule has 1 aliphatic rings. The molecule has 0 aliphatic carbocycles. The normalized spacial score (nSPS) is 16.6. The Morgan fingerprint density at radius 1 is 1.21 bits per heavy atom. The maximum atomic E-state index is 12.7. The Morgan fingerprint density at radius 3 is 2.55 bits per heavy atom. The first-order valence-corrected chi connectivity index (χ1v) is 10.2. The number of hydrogen-bond donors (Lipinski definition) is 0.